The third-order valence-electron chi connectivity index (χ3n) is 3.95. The van der Waals surface area contributed by atoms with Crippen molar-refractivity contribution in [2.24, 2.45) is 7.05 Å². The molecule has 1 N–H and O–H groups in total. The number of benzene rings is 1. The van der Waals surface area contributed by atoms with Gasteiger partial charge in [0.15, 0.2) is 0 Å². The Bertz CT molecular complexity index is 689. The Labute approximate surface area is 132 Å². The van der Waals surface area contributed by atoms with Crippen LogP contribution >= 0.6 is 15.9 Å². The third kappa shape index (κ3) is 3.02. The van der Waals surface area contributed by atoms with Gasteiger partial charge in [0.1, 0.15) is 5.69 Å². The van der Waals surface area contributed by atoms with Crippen LogP contribution in [0.25, 0.3) is 0 Å². The maximum absolute atomic E-state index is 12.3. The predicted octanol–water partition coefficient (Wildman–Crippen LogP) is 3.30. The smallest absolute Gasteiger partial charge is 0.269 e. The van der Waals surface area contributed by atoms with E-state index in [2.05, 4.69) is 26.3 Å². The number of hydrogen-bond donors (Lipinski definition) is 1. The summed E-state index contributed by atoms with van der Waals surface area (Å²) < 4.78 is 2.74. The molecule has 5 heteroatoms. The molecule has 1 heterocycles. The van der Waals surface area contributed by atoms with E-state index >= 15 is 0 Å². The third-order valence-corrected chi connectivity index (χ3v) is 4.81. The van der Waals surface area contributed by atoms with Gasteiger partial charge in [0.05, 0.1) is 5.69 Å². The number of aryl methyl sites for hydroxylation is 1. The Balaban J connectivity index is 1.70. The molecule has 3 rings (SSSR count). The van der Waals surface area contributed by atoms with E-state index in [4.69, 9.17) is 0 Å². The van der Waals surface area contributed by atoms with Gasteiger partial charge in [0.25, 0.3) is 5.91 Å². The summed E-state index contributed by atoms with van der Waals surface area (Å²) >= 11 is 3.51. The molecule has 0 bridgehead atoms. The highest BCUT2D eigenvalue weighted by Crippen LogP contribution is 2.39. The molecule has 4 nitrogen and oxygen atoms in total. The molecule has 0 spiro atoms. The van der Waals surface area contributed by atoms with Gasteiger partial charge in [-0.3, -0.25) is 9.48 Å². The Morgan fingerprint density at radius 1 is 1.48 bits per heavy atom. The van der Waals surface area contributed by atoms with E-state index in [1.807, 2.05) is 38.2 Å². The van der Waals surface area contributed by atoms with Crippen LogP contribution in [0.1, 0.15) is 46.1 Å². The van der Waals surface area contributed by atoms with Gasteiger partial charge in [0, 0.05) is 24.0 Å². The summed E-state index contributed by atoms with van der Waals surface area (Å²) in [6, 6.07) is 7.93. The molecule has 0 radical (unpaired) electrons. The van der Waals surface area contributed by atoms with Crippen LogP contribution < -0.4 is 5.32 Å². The molecule has 1 aliphatic rings. The number of carbonyl (C=O) groups excluding carboxylic acids is 1. The minimum atomic E-state index is -0.0729. The highest BCUT2D eigenvalue weighted by Gasteiger charge is 2.27. The van der Waals surface area contributed by atoms with E-state index in [0.29, 0.717) is 18.2 Å². The van der Waals surface area contributed by atoms with Gasteiger partial charge in [-0.05, 0) is 43.0 Å². The molecule has 0 aliphatic heterocycles. The maximum atomic E-state index is 12.3. The van der Waals surface area contributed by atoms with Crippen molar-refractivity contribution in [3.8, 4) is 0 Å². The quantitative estimate of drug-likeness (QED) is 0.922. The van der Waals surface area contributed by atoms with Gasteiger partial charge in [-0.1, -0.05) is 28.1 Å². The highest BCUT2D eigenvalue weighted by molar-refractivity contribution is 9.10. The lowest BCUT2D eigenvalue weighted by Gasteiger charge is -2.09. The van der Waals surface area contributed by atoms with Gasteiger partial charge >= 0.3 is 0 Å². The van der Waals surface area contributed by atoms with Gasteiger partial charge in [-0.25, -0.2) is 0 Å². The van der Waals surface area contributed by atoms with Crippen LogP contribution in [0.15, 0.2) is 28.7 Å². The summed E-state index contributed by atoms with van der Waals surface area (Å²) in [6.07, 6.45) is 2.38. The Morgan fingerprint density at radius 3 is 2.95 bits per heavy atom. The van der Waals surface area contributed by atoms with Crippen molar-refractivity contribution >= 4 is 21.8 Å². The standard InChI is InChI=1S/C16H18BrN3O/c1-10-12(4-3-5-13(10)17)9-18-16(21)15-8-14(11-6-7-11)19-20(15)2/h3-5,8,11H,6-7,9H2,1-2H3,(H,18,21). The molecule has 1 aliphatic carbocycles. The lowest BCUT2D eigenvalue weighted by atomic mass is 10.1. The first-order valence-corrected chi connectivity index (χ1v) is 7.91. The number of hydrogen-bond acceptors (Lipinski definition) is 2. The van der Waals surface area contributed by atoms with Crippen molar-refractivity contribution in [1.29, 1.82) is 0 Å². The van der Waals surface area contributed by atoms with Crippen LogP contribution in [0.2, 0.25) is 0 Å². The molecule has 0 atom stereocenters. The van der Waals surface area contributed by atoms with Crippen molar-refractivity contribution in [3.63, 3.8) is 0 Å². The van der Waals surface area contributed by atoms with Crippen LogP contribution in [0.3, 0.4) is 0 Å². The van der Waals surface area contributed by atoms with E-state index < -0.39 is 0 Å². The molecule has 110 valence electrons. The monoisotopic (exact) mass is 347 g/mol. The van der Waals surface area contributed by atoms with Crippen molar-refractivity contribution in [2.45, 2.75) is 32.2 Å². The lowest BCUT2D eigenvalue weighted by molar-refractivity contribution is 0.0941. The molecular weight excluding hydrogens is 330 g/mol. The fourth-order valence-corrected chi connectivity index (χ4v) is 2.80. The minimum absolute atomic E-state index is 0.0729. The zero-order valence-electron chi connectivity index (χ0n) is 12.2. The van der Waals surface area contributed by atoms with Crippen molar-refractivity contribution < 1.29 is 4.79 Å². The molecule has 21 heavy (non-hydrogen) atoms. The number of halogens is 1. The second-order valence-electron chi connectivity index (χ2n) is 5.56. The zero-order valence-corrected chi connectivity index (χ0v) is 13.8. The normalized spacial score (nSPS) is 14.2. The SMILES string of the molecule is Cc1c(Br)cccc1CNC(=O)c1cc(C2CC2)nn1C. The van der Waals surface area contributed by atoms with E-state index in [1.165, 1.54) is 12.8 Å². The molecule has 1 fully saturated rings. The van der Waals surface area contributed by atoms with E-state index in [9.17, 15) is 4.79 Å². The summed E-state index contributed by atoms with van der Waals surface area (Å²) in [5, 5.41) is 7.40. The predicted molar refractivity (Wildman–Crippen MR) is 85.2 cm³/mol. The van der Waals surface area contributed by atoms with Crippen LogP contribution in [-0.2, 0) is 13.6 Å². The van der Waals surface area contributed by atoms with Crippen LogP contribution in [0.4, 0.5) is 0 Å². The topological polar surface area (TPSA) is 46.9 Å². The Morgan fingerprint density at radius 2 is 2.24 bits per heavy atom. The van der Waals surface area contributed by atoms with E-state index in [0.717, 1.165) is 21.3 Å². The van der Waals surface area contributed by atoms with Crippen molar-refractivity contribution in [2.75, 3.05) is 0 Å². The second-order valence-corrected chi connectivity index (χ2v) is 6.41. The number of nitrogens with one attached hydrogen (secondary N) is 1. The lowest BCUT2D eigenvalue weighted by Crippen LogP contribution is -2.25. The first-order valence-electron chi connectivity index (χ1n) is 7.12. The summed E-state index contributed by atoms with van der Waals surface area (Å²) in [4.78, 5) is 12.3. The molecule has 0 unspecified atom stereocenters. The minimum Gasteiger partial charge on any atom is -0.347 e. The van der Waals surface area contributed by atoms with E-state index in [1.54, 1.807) is 4.68 Å². The van der Waals surface area contributed by atoms with Crippen LogP contribution in [0.5, 0.6) is 0 Å². The Hall–Kier alpha value is -1.62. The van der Waals surface area contributed by atoms with Gasteiger partial charge in [-0.15, -0.1) is 0 Å². The highest BCUT2D eigenvalue weighted by atomic mass is 79.9. The van der Waals surface area contributed by atoms with Gasteiger partial charge < -0.3 is 5.32 Å². The molecule has 1 aromatic heterocycles. The molecule has 1 aromatic carbocycles. The Kier molecular flexibility index (Phi) is 3.85. The molecule has 2 aromatic rings. The van der Waals surface area contributed by atoms with Gasteiger partial charge in [0.2, 0.25) is 0 Å². The summed E-state index contributed by atoms with van der Waals surface area (Å²) in [7, 11) is 1.82. The molecular formula is C16H18BrN3O. The molecule has 1 saturated carbocycles. The fourth-order valence-electron chi connectivity index (χ4n) is 2.39. The fraction of sp³-hybridized carbons (Fsp3) is 0.375. The average molecular weight is 348 g/mol. The largest absolute Gasteiger partial charge is 0.347 e. The maximum Gasteiger partial charge on any atom is 0.269 e. The van der Waals surface area contributed by atoms with Crippen molar-refractivity contribution in [1.82, 2.24) is 15.1 Å². The summed E-state index contributed by atoms with van der Waals surface area (Å²) in [5.41, 5.74) is 3.94. The van der Waals surface area contributed by atoms with E-state index in [-0.39, 0.29) is 5.91 Å². The zero-order chi connectivity index (χ0) is 15.0. The number of carbonyl (C=O) groups is 1. The van der Waals surface area contributed by atoms with Gasteiger partial charge in [-0.2, -0.15) is 5.10 Å². The van der Waals surface area contributed by atoms with Crippen molar-refractivity contribution in [3.05, 3.63) is 51.3 Å². The first kappa shape index (κ1) is 14.3. The summed E-state index contributed by atoms with van der Waals surface area (Å²) in [5.74, 6) is 0.487. The number of aromatic nitrogens is 2. The van der Waals surface area contributed by atoms with Crippen LogP contribution in [0, 0.1) is 6.92 Å². The first-order chi connectivity index (χ1) is 10.1. The average Bonchev–Trinajstić information content (AvgIpc) is 3.23. The van der Waals surface area contributed by atoms with Crippen LogP contribution in [-0.4, -0.2) is 15.7 Å². The number of nitrogens with zero attached hydrogens (tertiary/aromatic N) is 2. The number of amides is 1. The molecule has 1 amide bonds. The summed E-state index contributed by atoms with van der Waals surface area (Å²) in [6.45, 7) is 2.56. The second kappa shape index (κ2) is 5.64. The molecule has 0 saturated heterocycles. The number of rotatable bonds is 4.